The summed E-state index contributed by atoms with van der Waals surface area (Å²) in [6.45, 7) is 3.68. The van der Waals surface area contributed by atoms with E-state index in [1.165, 1.54) is 10.6 Å². The van der Waals surface area contributed by atoms with Crippen LogP contribution in [0.15, 0.2) is 78.9 Å². The molecule has 0 saturated carbocycles. The van der Waals surface area contributed by atoms with Gasteiger partial charge in [0.05, 0.1) is 18.5 Å². The molecule has 3 aromatic carbocycles. The largest absolute Gasteiger partial charge is 0.497 e. The fourth-order valence-electron chi connectivity index (χ4n) is 3.78. The third kappa shape index (κ3) is 5.03. The Balaban J connectivity index is 0.00000272. The molecule has 1 aliphatic rings. The number of hydrogen-bond acceptors (Lipinski definition) is 4. The van der Waals surface area contributed by atoms with E-state index in [4.69, 9.17) is 4.74 Å². The standard InChI is InChI=1S/C24H25N3O3.ClH/c1-30-23-13-11-20(12-14-23)26-17-15-25(16-18-26)19-7-9-22(10-8-19)27(24(28)29)21-5-3-2-4-6-21;/h2-14H,15-18H2,1H3,(H,28,29);1H. The minimum atomic E-state index is -0.998. The van der Waals surface area contributed by atoms with E-state index in [0.29, 0.717) is 11.4 Å². The minimum Gasteiger partial charge on any atom is -0.497 e. The van der Waals surface area contributed by atoms with Gasteiger partial charge in [-0.05, 0) is 60.7 Å². The predicted octanol–water partition coefficient (Wildman–Crippen LogP) is 5.26. The van der Waals surface area contributed by atoms with Gasteiger partial charge in [0, 0.05) is 37.6 Å². The molecule has 4 rings (SSSR count). The van der Waals surface area contributed by atoms with Gasteiger partial charge in [0.25, 0.3) is 0 Å². The minimum absolute atomic E-state index is 0. The Morgan fingerprint density at radius 3 is 1.68 bits per heavy atom. The zero-order chi connectivity index (χ0) is 20.9. The van der Waals surface area contributed by atoms with Crippen LogP contribution < -0.4 is 19.4 Å². The molecule has 0 radical (unpaired) electrons. The molecule has 6 nitrogen and oxygen atoms in total. The Labute approximate surface area is 188 Å². The summed E-state index contributed by atoms with van der Waals surface area (Å²) >= 11 is 0. The number of para-hydroxylation sites is 1. The summed E-state index contributed by atoms with van der Waals surface area (Å²) in [5, 5.41) is 9.67. The lowest BCUT2D eigenvalue weighted by Gasteiger charge is -2.37. The zero-order valence-corrected chi connectivity index (χ0v) is 18.2. The van der Waals surface area contributed by atoms with Gasteiger partial charge in [0.1, 0.15) is 5.75 Å². The van der Waals surface area contributed by atoms with Crippen LogP contribution in [-0.4, -0.2) is 44.5 Å². The lowest BCUT2D eigenvalue weighted by atomic mass is 10.2. The highest BCUT2D eigenvalue weighted by Crippen LogP contribution is 2.28. The highest BCUT2D eigenvalue weighted by atomic mass is 35.5. The maximum absolute atomic E-state index is 11.8. The average molecular weight is 440 g/mol. The van der Waals surface area contributed by atoms with Gasteiger partial charge in [-0.1, -0.05) is 18.2 Å². The predicted molar refractivity (Wildman–Crippen MR) is 128 cm³/mol. The van der Waals surface area contributed by atoms with E-state index >= 15 is 0 Å². The van der Waals surface area contributed by atoms with Crippen molar-refractivity contribution in [1.29, 1.82) is 0 Å². The Hall–Kier alpha value is -3.38. The molecule has 1 saturated heterocycles. The molecule has 31 heavy (non-hydrogen) atoms. The van der Waals surface area contributed by atoms with Crippen molar-refractivity contribution in [2.24, 2.45) is 0 Å². The molecule has 0 bridgehead atoms. The van der Waals surface area contributed by atoms with Crippen LogP contribution in [0.4, 0.5) is 27.5 Å². The number of methoxy groups -OCH3 is 1. The number of carbonyl (C=O) groups is 1. The second-order valence-electron chi connectivity index (χ2n) is 7.14. The second-order valence-corrected chi connectivity index (χ2v) is 7.14. The van der Waals surface area contributed by atoms with Crippen molar-refractivity contribution in [3.05, 3.63) is 78.9 Å². The fraction of sp³-hybridized carbons (Fsp3) is 0.208. The van der Waals surface area contributed by atoms with E-state index < -0.39 is 6.09 Å². The number of ether oxygens (including phenoxy) is 1. The average Bonchev–Trinajstić information content (AvgIpc) is 2.80. The quantitative estimate of drug-likeness (QED) is 0.587. The summed E-state index contributed by atoms with van der Waals surface area (Å²) in [5.74, 6) is 0.864. The number of halogens is 1. The van der Waals surface area contributed by atoms with Crippen LogP contribution in [0.1, 0.15) is 0 Å². The van der Waals surface area contributed by atoms with Gasteiger partial charge < -0.3 is 19.6 Å². The number of piperazine rings is 1. The lowest BCUT2D eigenvalue weighted by Crippen LogP contribution is -2.46. The molecule has 1 heterocycles. The van der Waals surface area contributed by atoms with Crippen molar-refractivity contribution in [3.63, 3.8) is 0 Å². The van der Waals surface area contributed by atoms with Gasteiger partial charge in [-0.25, -0.2) is 9.69 Å². The molecule has 0 aliphatic carbocycles. The number of rotatable bonds is 5. The molecule has 3 aromatic rings. The summed E-state index contributed by atoms with van der Waals surface area (Å²) in [7, 11) is 1.68. The van der Waals surface area contributed by atoms with Gasteiger partial charge in [-0.2, -0.15) is 0 Å². The van der Waals surface area contributed by atoms with Gasteiger partial charge in [0.2, 0.25) is 0 Å². The first-order chi connectivity index (χ1) is 14.7. The molecular formula is C24H26ClN3O3. The first-order valence-electron chi connectivity index (χ1n) is 9.98. The molecule has 1 fully saturated rings. The molecule has 0 spiro atoms. The van der Waals surface area contributed by atoms with Gasteiger partial charge in [-0.3, -0.25) is 0 Å². The van der Waals surface area contributed by atoms with E-state index in [-0.39, 0.29) is 12.4 Å². The zero-order valence-electron chi connectivity index (χ0n) is 17.3. The van der Waals surface area contributed by atoms with Gasteiger partial charge in [0.15, 0.2) is 0 Å². The maximum atomic E-state index is 11.8. The number of nitrogens with zero attached hydrogens (tertiary/aromatic N) is 3. The molecule has 1 N–H and O–H groups in total. The summed E-state index contributed by atoms with van der Waals surface area (Å²) in [4.78, 5) is 17.8. The SMILES string of the molecule is COc1ccc(N2CCN(c3ccc(N(C(=O)O)c4ccccc4)cc3)CC2)cc1.Cl. The van der Waals surface area contributed by atoms with E-state index in [2.05, 4.69) is 21.9 Å². The lowest BCUT2D eigenvalue weighted by molar-refractivity contribution is 0.205. The van der Waals surface area contributed by atoms with Crippen LogP contribution in [0.5, 0.6) is 5.75 Å². The topological polar surface area (TPSA) is 56.2 Å². The normalized spacial score (nSPS) is 13.3. The Bertz CT molecular complexity index is 973. The summed E-state index contributed by atoms with van der Waals surface area (Å²) in [6, 6.07) is 25.0. The monoisotopic (exact) mass is 439 g/mol. The van der Waals surface area contributed by atoms with Crippen molar-refractivity contribution >= 4 is 41.2 Å². The van der Waals surface area contributed by atoms with Crippen molar-refractivity contribution < 1.29 is 14.6 Å². The summed E-state index contributed by atoms with van der Waals surface area (Å²) < 4.78 is 5.23. The number of benzene rings is 3. The highest BCUT2D eigenvalue weighted by molar-refractivity contribution is 5.94. The van der Waals surface area contributed by atoms with E-state index in [1.54, 1.807) is 19.2 Å². The Morgan fingerprint density at radius 2 is 1.23 bits per heavy atom. The van der Waals surface area contributed by atoms with Crippen LogP contribution in [0.25, 0.3) is 0 Å². The summed E-state index contributed by atoms with van der Waals surface area (Å²) in [6.07, 6.45) is -0.998. The maximum Gasteiger partial charge on any atom is 0.416 e. The summed E-state index contributed by atoms with van der Waals surface area (Å²) in [5.41, 5.74) is 3.57. The number of hydrogen-bond donors (Lipinski definition) is 1. The number of anilines is 4. The molecule has 1 aliphatic heterocycles. The van der Waals surface area contributed by atoms with E-state index in [1.807, 2.05) is 54.6 Å². The molecule has 0 unspecified atom stereocenters. The Kier molecular flexibility index (Phi) is 7.26. The number of carboxylic acid groups (broad SMARTS) is 1. The Morgan fingerprint density at radius 1 is 0.774 bits per heavy atom. The van der Waals surface area contributed by atoms with Gasteiger partial charge >= 0.3 is 6.09 Å². The molecule has 7 heteroatoms. The van der Waals surface area contributed by atoms with Crippen molar-refractivity contribution in [3.8, 4) is 5.75 Å². The fourth-order valence-corrected chi connectivity index (χ4v) is 3.78. The molecular weight excluding hydrogens is 414 g/mol. The second kappa shape index (κ2) is 10.1. The first kappa shape index (κ1) is 22.3. The van der Waals surface area contributed by atoms with Crippen molar-refractivity contribution in [1.82, 2.24) is 0 Å². The van der Waals surface area contributed by atoms with Crippen LogP contribution in [0, 0.1) is 0 Å². The van der Waals surface area contributed by atoms with E-state index in [9.17, 15) is 9.90 Å². The van der Waals surface area contributed by atoms with Crippen molar-refractivity contribution in [2.45, 2.75) is 0 Å². The van der Waals surface area contributed by atoms with Crippen LogP contribution in [-0.2, 0) is 0 Å². The number of amides is 1. The molecule has 1 amide bonds. The van der Waals surface area contributed by atoms with Crippen LogP contribution >= 0.6 is 12.4 Å². The van der Waals surface area contributed by atoms with Crippen LogP contribution in [0.3, 0.4) is 0 Å². The van der Waals surface area contributed by atoms with Crippen LogP contribution in [0.2, 0.25) is 0 Å². The third-order valence-corrected chi connectivity index (χ3v) is 5.40. The molecule has 0 atom stereocenters. The first-order valence-corrected chi connectivity index (χ1v) is 9.98. The smallest absolute Gasteiger partial charge is 0.416 e. The van der Waals surface area contributed by atoms with Crippen molar-refractivity contribution in [2.75, 3.05) is 48.0 Å². The van der Waals surface area contributed by atoms with Gasteiger partial charge in [-0.15, -0.1) is 12.4 Å². The molecule has 0 aromatic heterocycles. The molecule has 162 valence electrons. The third-order valence-electron chi connectivity index (χ3n) is 5.40. The highest BCUT2D eigenvalue weighted by Gasteiger charge is 2.20. The van der Waals surface area contributed by atoms with E-state index in [0.717, 1.165) is 37.6 Å².